The molecule has 0 fully saturated rings. The number of hydrogen-bond donors (Lipinski definition) is 1. The summed E-state index contributed by atoms with van der Waals surface area (Å²) < 4.78 is 37.5. The van der Waals surface area contributed by atoms with Crippen molar-refractivity contribution in [3.63, 3.8) is 0 Å². The summed E-state index contributed by atoms with van der Waals surface area (Å²) in [6, 6.07) is 18.0. The highest BCUT2D eigenvalue weighted by Crippen LogP contribution is 2.29. The van der Waals surface area contributed by atoms with Crippen LogP contribution >= 0.6 is 11.6 Å². The second kappa shape index (κ2) is 12.6. The normalized spacial score (nSPS) is 11.4. The summed E-state index contributed by atoms with van der Waals surface area (Å²) in [7, 11) is -3.69. The molecular weight excluding hydrogens is 514 g/mol. The maximum atomic E-state index is 12.5. The Labute approximate surface area is 222 Å². The van der Waals surface area contributed by atoms with Gasteiger partial charge in [-0.25, -0.2) is 13.8 Å². The quantitative estimate of drug-likeness (QED) is 0.275. The van der Waals surface area contributed by atoms with E-state index in [9.17, 15) is 13.2 Å². The summed E-state index contributed by atoms with van der Waals surface area (Å²) in [6.45, 7) is 5.92. The van der Waals surface area contributed by atoms with Gasteiger partial charge in [0.25, 0.3) is 5.91 Å². The number of benzene rings is 3. The first-order valence-electron chi connectivity index (χ1n) is 11.6. The average molecular weight is 544 g/mol. The zero-order valence-corrected chi connectivity index (χ0v) is 22.8. The molecule has 10 heteroatoms. The molecule has 0 aliphatic heterocycles. The number of hydrogen-bond acceptors (Lipinski definition) is 6. The number of rotatable bonds is 11. The first-order chi connectivity index (χ1) is 17.6. The van der Waals surface area contributed by atoms with Crippen LogP contribution in [-0.2, 0) is 21.4 Å². The SMILES string of the molecule is CCOc1cc(/C=N\NC(=O)CN(c2cccc(C)c2C)S(C)(=O)=O)ccc1OCc1cccc(Cl)c1. The molecule has 0 saturated heterocycles. The van der Waals surface area contributed by atoms with Crippen LogP contribution in [0.25, 0.3) is 0 Å². The fourth-order valence-corrected chi connectivity index (χ4v) is 4.63. The van der Waals surface area contributed by atoms with Crippen LogP contribution in [0.5, 0.6) is 11.5 Å². The lowest BCUT2D eigenvalue weighted by molar-refractivity contribution is -0.119. The van der Waals surface area contributed by atoms with Gasteiger partial charge in [-0.15, -0.1) is 0 Å². The first-order valence-corrected chi connectivity index (χ1v) is 13.8. The Morgan fingerprint density at radius 3 is 2.51 bits per heavy atom. The second-order valence-corrected chi connectivity index (χ2v) is 10.7. The Balaban J connectivity index is 1.68. The van der Waals surface area contributed by atoms with Crippen molar-refractivity contribution in [2.75, 3.05) is 23.7 Å². The maximum Gasteiger partial charge on any atom is 0.260 e. The van der Waals surface area contributed by atoms with Crippen molar-refractivity contribution in [2.24, 2.45) is 5.10 Å². The minimum atomic E-state index is -3.69. The van der Waals surface area contributed by atoms with E-state index in [4.69, 9.17) is 21.1 Å². The molecule has 1 amide bonds. The maximum absolute atomic E-state index is 12.5. The molecule has 0 unspecified atom stereocenters. The second-order valence-electron chi connectivity index (χ2n) is 8.34. The standard InChI is InChI=1S/C27H30ClN3O5S/c1-5-35-26-15-21(12-13-25(26)36-18-22-9-7-10-23(28)14-22)16-29-30-27(32)17-31(37(4,33)34)24-11-6-8-19(2)20(24)3/h6-16H,5,17-18H2,1-4H3,(H,30,32)/b29-16-. The van der Waals surface area contributed by atoms with E-state index in [1.54, 1.807) is 36.4 Å². The molecule has 0 atom stereocenters. The molecular formula is C27H30ClN3O5S. The number of carbonyl (C=O) groups is 1. The summed E-state index contributed by atoms with van der Waals surface area (Å²) in [5.74, 6) is 0.507. The lowest BCUT2D eigenvalue weighted by Gasteiger charge is -2.23. The van der Waals surface area contributed by atoms with E-state index in [-0.39, 0.29) is 0 Å². The zero-order chi connectivity index (χ0) is 27.0. The molecule has 3 aromatic carbocycles. The molecule has 0 bridgehead atoms. The highest BCUT2D eigenvalue weighted by Gasteiger charge is 2.22. The Morgan fingerprint density at radius 2 is 1.81 bits per heavy atom. The summed E-state index contributed by atoms with van der Waals surface area (Å²) in [4.78, 5) is 12.5. The molecule has 196 valence electrons. The Kier molecular flexibility index (Phi) is 9.54. The highest BCUT2D eigenvalue weighted by atomic mass is 35.5. The van der Waals surface area contributed by atoms with Crippen LogP contribution in [0.1, 0.15) is 29.2 Å². The number of aryl methyl sites for hydroxylation is 1. The van der Waals surface area contributed by atoms with Crippen LogP contribution in [-0.4, -0.2) is 39.9 Å². The lowest BCUT2D eigenvalue weighted by Crippen LogP contribution is -2.39. The zero-order valence-electron chi connectivity index (χ0n) is 21.2. The van der Waals surface area contributed by atoms with Crippen molar-refractivity contribution >= 4 is 39.4 Å². The van der Waals surface area contributed by atoms with Gasteiger partial charge in [-0.3, -0.25) is 9.10 Å². The molecule has 0 spiro atoms. The van der Waals surface area contributed by atoms with E-state index in [1.165, 1.54) is 6.21 Å². The fourth-order valence-electron chi connectivity index (χ4n) is 3.51. The minimum Gasteiger partial charge on any atom is -0.490 e. The molecule has 0 radical (unpaired) electrons. The van der Waals surface area contributed by atoms with E-state index in [0.29, 0.717) is 41.0 Å². The van der Waals surface area contributed by atoms with Gasteiger partial charge in [-0.05, 0) is 79.4 Å². The molecule has 0 saturated carbocycles. The Morgan fingerprint density at radius 1 is 1.05 bits per heavy atom. The van der Waals surface area contributed by atoms with E-state index < -0.39 is 22.5 Å². The predicted octanol–water partition coefficient (Wildman–Crippen LogP) is 4.85. The van der Waals surface area contributed by atoms with Gasteiger partial charge in [0.05, 0.1) is 24.8 Å². The van der Waals surface area contributed by atoms with Crippen LogP contribution in [0.3, 0.4) is 0 Å². The summed E-state index contributed by atoms with van der Waals surface area (Å²) in [6.07, 6.45) is 2.51. The average Bonchev–Trinajstić information content (AvgIpc) is 2.83. The van der Waals surface area contributed by atoms with Gasteiger partial charge in [-0.1, -0.05) is 35.9 Å². The summed E-state index contributed by atoms with van der Waals surface area (Å²) in [5.41, 5.74) is 6.14. The van der Waals surface area contributed by atoms with Crippen LogP contribution < -0.4 is 19.2 Å². The number of amides is 1. The van der Waals surface area contributed by atoms with Crippen LogP contribution in [0, 0.1) is 13.8 Å². The van der Waals surface area contributed by atoms with Crippen molar-refractivity contribution in [1.29, 1.82) is 0 Å². The monoisotopic (exact) mass is 543 g/mol. The Hall–Kier alpha value is -3.56. The molecule has 0 heterocycles. The summed E-state index contributed by atoms with van der Waals surface area (Å²) in [5, 5.41) is 4.62. The molecule has 8 nitrogen and oxygen atoms in total. The van der Waals surface area contributed by atoms with Crippen molar-refractivity contribution in [1.82, 2.24) is 5.43 Å². The third-order valence-electron chi connectivity index (χ3n) is 5.49. The largest absolute Gasteiger partial charge is 0.490 e. The number of nitrogens with one attached hydrogen (secondary N) is 1. The number of hydrazone groups is 1. The van der Waals surface area contributed by atoms with E-state index in [2.05, 4.69) is 10.5 Å². The van der Waals surface area contributed by atoms with Gasteiger partial charge in [0.1, 0.15) is 13.2 Å². The number of halogens is 1. The Bertz CT molecular complexity index is 1390. The molecule has 1 N–H and O–H groups in total. The number of ether oxygens (including phenoxy) is 2. The van der Waals surface area contributed by atoms with Crippen molar-refractivity contribution in [3.8, 4) is 11.5 Å². The van der Waals surface area contributed by atoms with Gasteiger partial charge in [-0.2, -0.15) is 5.10 Å². The molecule has 3 aromatic rings. The number of nitrogens with zero attached hydrogens (tertiary/aromatic N) is 2. The van der Waals surface area contributed by atoms with E-state index in [0.717, 1.165) is 27.3 Å². The molecule has 0 aliphatic rings. The lowest BCUT2D eigenvalue weighted by atomic mass is 10.1. The third-order valence-corrected chi connectivity index (χ3v) is 6.85. The van der Waals surface area contributed by atoms with Gasteiger partial charge >= 0.3 is 0 Å². The van der Waals surface area contributed by atoms with E-state index in [1.807, 2.05) is 45.0 Å². The van der Waals surface area contributed by atoms with Crippen LogP contribution in [0.4, 0.5) is 5.69 Å². The van der Waals surface area contributed by atoms with Crippen molar-refractivity contribution in [2.45, 2.75) is 27.4 Å². The number of anilines is 1. The first kappa shape index (κ1) is 28.0. The summed E-state index contributed by atoms with van der Waals surface area (Å²) >= 11 is 6.04. The van der Waals surface area contributed by atoms with Crippen molar-refractivity contribution in [3.05, 3.63) is 87.9 Å². The van der Waals surface area contributed by atoms with Gasteiger partial charge in [0.15, 0.2) is 11.5 Å². The topological polar surface area (TPSA) is 97.3 Å². The van der Waals surface area contributed by atoms with Crippen LogP contribution in [0.15, 0.2) is 65.8 Å². The number of sulfonamides is 1. The van der Waals surface area contributed by atoms with Gasteiger partial charge in [0, 0.05) is 5.02 Å². The molecule has 37 heavy (non-hydrogen) atoms. The fraction of sp³-hybridized carbons (Fsp3) is 0.259. The molecule has 0 aromatic heterocycles. The van der Waals surface area contributed by atoms with Crippen LogP contribution in [0.2, 0.25) is 5.02 Å². The van der Waals surface area contributed by atoms with Crippen molar-refractivity contribution < 1.29 is 22.7 Å². The highest BCUT2D eigenvalue weighted by molar-refractivity contribution is 7.92. The number of carbonyl (C=O) groups excluding carboxylic acids is 1. The van der Waals surface area contributed by atoms with Gasteiger partial charge in [0.2, 0.25) is 10.0 Å². The third kappa shape index (κ3) is 7.96. The van der Waals surface area contributed by atoms with E-state index >= 15 is 0 Å². The van der Waals surface area contributed by atoms with Gasteiger partial charge < -0.3 is 9.47 Å². The smallest absolute Gasteiger partial charge is 0.260 e. The molecule has 0 aliphatic carbocycles. The predicted molar refractivity (Wildman–Crippen MR) is 147 cm³/mol. The minimum absolute atomic E-state index is 0.321. The molecule has 3 rings (SSSR count).